The van der Waals surface area contributed by atoms with Gasteiger partial charge >= 0.3 is 12.1 Å². The highest BCUT2D eigenvalue weighted by atomic mass is 19.4. The first kappa shape index (κ1) is 12.5. The highest BCUT2D eigenvalue weighted by molar-refractivity contribution is 5.83. The van der Waals surface area contributed by atoms with Crippen molar-refractivity contribution in [2.45, 2.75) is 18.6 Å². The molecule has 0 saturated heterocycles. The van der Waals surface area contributed by atoms with Gasteiger partial charge in [-0.3, -0.25) is 0 Å². The first-order chi connectivity index (χ1) is 7.25. The molecule has 1 rings (SSSR count). The number of carbonyl (C=O) groups excluding carboxylic acids is 1. The maximum atomic E-state index is 12.4. The van der Waals surface area contributed by atoms with Crippen LogP contribution >= 0.6 is 0 Å². The van der Waals surface area contributed by atoms with Gasteiger partial charge < -0.3 is 10.5 Å². The number of alkyl halides is 3. The van der Waals surface area contributed by atoms with Gasteiger partial charge in [-0.1, -0.05) is 18.2 Å². The van der Waals surface area contributed by atoms with E-state index in [0.717, 1.165) is 0 Å². The maximum Gasteiger partial charge on any atom is 0.416 e. The third-order valence-electron chi connectivity index (χ3n) is 1.97. The largest absolute Gasteiger partial charge is 0.425 e. The van der Waals surface area contributed by atoms with Crippen LogP contribution in [0.1, 0.15) is 6.92 Å². The van der Waals surface area contributed by atoms with E-state index in [4.69, 9.17) is 5.73 Å². The zero-order chi connectivity index (χ0) is 12.4. The van der Waals surface area contributed by atoms with Crippen molar-refractivity contribution >= 4 is 5.97 Å². The van der Waals surface area contributed by atoms with Crippen LogP contribution < -0.4 is 10.5 Å². The summed E-state index contributed by atoms with van der Waals surface area (Å²) in [4.78, 5) is 11.2. The fraction of sp³-hybridized carbons (Fsp3) is 0.300. The van der Waals surface area contributed by atoms with Gasteiger partial charge in [-0.2, -0.15) is 13.2 Å². The van der Waals surface area contributed by atoms with Crippen molar-refractivity contribution < 1.29 is 22.7 Å². The first-order valence-corrected chi connectivity index (χ1v) is 4.38. The molecule has 0 aliphatic carbocycles. The number of esters is 1. The van der Waals surface area contributed by atoms with Crippen LogP contribution in [-0.2, 0) is 4.79 Å². The van der Waals surface area contributed by atoms with Gasteiger partial charge in [-0.25, -0.2) is 4.79 Å². The Kier molecular flexibility index (Phi) is 3.23. The average Bonchev–Trinajstić information content (AvgIpc) is 2.17. The van der Waals surface area contributed by atoms with Crippen LogP contribution in [0.2, 0.25) is 0 Å². The lowest BCUT2D eigenvalue weighted by Crippen LogP contribution is -2.58. The van der Waals surface area contributed by atoms with Crippen LogP contribution in [0.3, 0.4) is 0 Å². The van der Waals surface area contributed by atoms with E-state index >= 15 is 0 Å². The fourth-order valence-electron chi connectivity index (χ4n) is 0.817. The van der Waals surface area contributed by atoms with Crippen LogP contribution in [0.15, 0.2) is 30.3 Å². The number of ether oxygens (including phenoxy) is 1. The van der Waals surface area contributed by atoms with Gasteiger partial charge in [0.1, 0.15) is 5.75 Å². The third-order valence-corrected chi connectivity index (χ3v) is 1.97. The van der Waals surface area contributed by atoms with E-state index in [-0.39, 0.29) is 5.75 Å². The molecule has 0 fully saturated rings. The van der Waals surface area contributed by atoms with Crippen molar-refractivity contribution in [1.29, 1.82) is 0 Å². The Hall–Kier alpha value is -1.56. The minimum Gasteiger partial charge on any atom is -0.425 e. The summed E-state index contributed by atoms with van der Waals surface area (Å²) in [5.74, 6) is -1.51. The topological polar surface area (TPSA) is 52.3 Å². The average molecular weight is 233 g/mol. The monoisotopic (exact) mass is 233 g/mol. The molecule has 16 heavy (non-hydrogen) atoms. The van der Waals surface area contributed by atoms with Crippen LogP contribution in [0, 0.1) is 0 Å². The van der Waals surface area contributed by atoms with E-state index < -0.39 is 17.7 Å². The number of benzene rings is 1. The molecule has 0 bridgehead atoms. The zero-order valence-corrected chi connectivity index (χ0v) is 8.41. The van der Waals surface area contributed by atoms with Crippen molar-refractivity contribution in [3.63, 3.8) is 0 Å². The summed E-state index contributed by atoms with van der Waals surface area (Å²) < 4.78 is 41.6. The lowest BCUT2D eigenvalue weighted by Gasteiger charge is -2.24. The van der Waals surface area contributed by atoms with E-state index in [9.17, 15) is 18.0 Å². The van der Waals surface area contributed by atoms with Gasteiger partial charge in [0, 0.05) is 0 Å². The number of carbonyl (C=O) groups is 1. The number of hydrogen-bond acceptors (Lipinski definition) is 3. The number of nitrogens with two attached hydrogens (primary N) is 1. The molecule has 0 aromatic heterocycles. The second-order valence-corrected chi connectivity index (χ2v) is 3.40. The summed E-state index contributed by atoms with van der Waals surface area (Å²) >= 11 is 0. The second kappa shape index (κ2) is 4.13. The van der Waals surface area contributed by atoms with Gasteiger partial charge in [-0.05, 0) is 19.1 Å². The van der Waals surface area contributed by atoms with E-state index in [1.165, 1.54) is 24.3 Å². The molecule has 0 aliphatic heterocycles. The Morgan fingerprint density at radius 1 is 1.25 bits per heavy atom. The maximum absolute atomic E-state index is 12.4. The van der Waals surface area contributed by atoms with E-state index in [1.54, 1.807) is 6.07 Å². The highest BCUT2D eigenvalue weighted by Crippen LogP contribution is 2.29. The molecule has 6 heteroatoms. The minimum absolute atomic E-state index is 0.0217. The van der Waals surface area contributed by atoms with E-state index in [2.05, 4.69) is 4.74 Å². The Balaban J connectivity index is 2.81. The standard InChI is InChI=1S/C10H10F3NO2/c1-9(14,10(11,12)13)8(15)16-7-5-3-2-4-6-7/h2-6H,14H2,1H3/t9-/m0/s1. The van der Waals surface area contributed by atoms with Crippen LogP contribution in [0.5, 0.6) is 5.75 Å². The van der Waals surface area contributed by atoms with Crippen molar-refractivity contribution in [2.24, 2.45) is 5.73 Å². The summed E-state index contributed by atoms with van der Waals surface area (Å²) in [6.07, 6.45) is -4.85. The molecule has 0 amide bonds. The zero-order valence-electron chi connectivity index (χ0n) is 8.41. The molecular weight excluding hydrogens is 223 g/mol. The van der Waals surface area contributed by atoms with Gasteiger partial charge in [0.25, 0.3) is 0 Å². The Bertz CT molecular complexity index is 373. The van der Waals surface area contributed by atoms with Gasteiger partial charge in [-0.15, -0.1) is 0 Å². The van der Waals surface area contributed by atoms with Crippen LogP contribution in [0.25, 0.3) is 0 Å². The number of rotatable bonds is 2. The Morgan fingerprint density at radius 2 is 1.75 bits per heavy atom. The molecule has 0 heterocycles. The van der Waals surface area contributed by atoms with Crippen LogP contribution in [-0.4, -0.2) is 17.7 Å². The lowest BCUT2D eigenvalue weighted by atomic mass is 10.0. The lowest BCUT2D eigenvalue weighted by molar-refractivity contribution is -0.196. The molecule has 0 spiro atoms. The fourth-order valence-corrected chi connectivity index (χ4v) is 0.817. The molecule has 2 N–H and O–H groups in total. The molecule has 0 unspecified atom stereocenters. The third kappa shape index (κ3) is 2.52. The normalized spacial score (nSPS) is 15.3. The van der Waals surface area contributed by atoms with Crippen molar-refractivity contribution in [2.75, 3.05) is 0 Å². The molecular formula is C10H10F3NO2. The van der Waals surface area contributed by atoms with Crippen LogP contribution in [0.4, 0.5) is 13.2 Å². The SMILES string of the molecule is C[C@](N)(C(=O)Oc1ccccc1)C(F)(F)F. The van der Waals surface area contributed by atoms with Crippen molar-refractivity contribution in [3.8, 4) is 5.75 Å². The first-order valence-electron chi connectivity index (χ1n) is 4.38. The Labute approximate surface area is 90.0 Å². The van der Waals surface area contributed by atoms with Crippen molar-refractivity contribution in [1.82, 2.24) is 0 Å². The summed E-state index contributed by atoms with van der Waals surface area (Å²) in [6, 6.07) is 7.44. The highest BCUT2D eigenvalue weighted by Gasteiger charge is 2.55. The molecule has 88 valence electrons. The molecule has 1 atom stereocenters. The molecule has 3 nitrogen and oxygen atoms in total. The van der Waals surface area contributed by atoms with Crippen molar-refractivity contribution in [3.05, 3.63) is 30.3 Å². The Morgan fingerprint density at radius 3 is 2.19 bits per heavy atom. The summed E-state index contributed by atoms with van der Waals surface area (Å²) in [6.45, 7) is 0.568. The number of hydrogen-bond donors (Lipinski definition) is 1. The number of halogens is 3. The van der Waals surface area contributed by atoms with Gasteiger partial charge in [0.15, 0.2) is 0 Å². The predicted molar refractivity (Wildman–Crippen MR) is 50.7 cm³/mol. The summed E-state index contributed by atoms with van der Waals surface area (Å²) in [5.41, 5.74) is 1.87. The predicted octanol–water partition coefficient (Wildman–Crippen LogP) is 1.87. The van der Waals surface area contributed by atoms with Gasteiger partial charge in [0.2, 0.25) is 5.54 Å². The molecule has 0 aliphatic rings. The second-order valence-electron chi connectivity index (χ2n) is 3.40. The number of para-hydroxylation sites is 1. The summed E-state index contributed by atoms with van der Waals surface area (Å²) in [5, 5.41) is 0. The quantitative estimate of drug-likeness (QED) is 0.626. The van der Waals surface area contributed by atoms with E-state index in [1.807, 2.05) is 0 Å². The molecule has 1 aromatic carbocycles. The molecule has 1 aromatic rings. The summed E-state index contributed by atoms with van der Waals surface area (Å²) in [7, 11) is 0. The molecule has 0 saturated carbocycles. The van der Waals surface area contributed by atoms with E-state index in [0.29, 0.717) is 6.92 Å². The minimum atomic E-state index is -4.85. The smallest absolute Gasteiger partial charge is 0.416 e. The van der Waals surface area contributed by atoms with Gasteiger partial charge in [0.05, 0.1) is 0 Å². The molecule has 0 radical (unpaired) electrons.